The number of sulfonamides is 1. The average molecular weight is 484 g/mol. The summed E-state index contributed by atoms with van der Waals surface area (Å²) in [5.41, 5.74) is 1.17. The predicted octanol–water partition coefficient (Wildman–Crippen LogP) is 2.22. The second kappa shape index (κ2) is 9.24. The molecule has 0 saturated carbocycles. The van der Waals surface area contributed by atoms with E-state index in [1.54, 1.807) is 16.2 Å². The molecule has 0 atom stereocenters. The van der Waals surface area contributed by atoms with Crippen LogP contribution < -0.4 is 0 Å². The number of hydrogen-bond donors (Lipinski definition) is 0. The first-order valence-corrected chi connectivity index (χ1v) is 12.6. The zero-order chi connectivity index (χ0) is 22.9. The van der Waals surface area contributed by atoms with Crippen LogP contribution in [0.2, 0.25) is 0 Å². The van der Waals surface area contributed by atoms with E-state index >= 15 is 0 Å². The first-order chi connectivity index (χ1) is 15.3. The second-order valence-electron chi connectivity index (χ2n) is 7.80. The van der Waals surface area contributed by atoms with E-state index < -0.39 is 21.7 Å². The van der Waals surface area contributed by atoms with Gasteiger partial charge in [-0.05, 0) is 41.6 Å². The van der Waals surface area contributed by atoms with Crippen molar-refractivity contribution in [1.82, 2.24) is 14.1 Å². The number of thiophene rings is 1. The molecule has 3 heterocycles. The van der Waals surface area contributed by atoms with Crippen molar-refractivity contribution in [1.29, 1.82) is 0 Å². The minimum Gasteiger partial charge on any atom is -0.340 e. The van der Waals surface area contributed by atoms with Gasteiger partial charge in [-0.1, -0.05) is 0 Å². The van der Waals surface area contributed by atoms with Crippen LogP contribution in [0.15, 0.2) is 34.5 Å². The molecule has 0 radical (unpaired) electrons. The van der Waals surface area contributed by atoms with Gasteiger partial charge in [0.15, 0.2) is 11.6 Å². The van der Waals surface area contributed by atoms with Crippen molar-refractivity contribution in [3.8, 4) is 0 Å². The highest BCUT2D eigenvalue weighted by Crippen LogP contribution is 2.25. The van der Waals surface area contributed by atoms with Gasteiger partial charge < -0.3 is 9.80 Å². The fourth-order valence-electron chi connectivity index (χ4n) is 3.96. The third kappa shape index (κ3) is 4.69. The van der Waals surface area contributed by atoms with Gasteiger partial charge in [-0.3, -0.25) is 9.59 Å². The number of amides is 2. The summed E-state index contributed by atoms with van der Waals surface area (Å²) in [6.07, 6.45) is 1.02. The molecule has 2 amide bonds. The molecule has 2 aliphatic heterocycles. The standard InChI is InChI=1S/C21H23F2N3O4S2/c22-17-2-1-16(13-18(17)23)32(29,30)26-10-8-24(9-11-26)20(27)3-4-21(28)25-7-5-19-15(14-25)6-12-31-19/h1-2,6,12-13H,3-5,7-11,14H2. The first kappa shape index (κ1) is 22.8. The molecule has 0 bridgehead atoms. The van der Waals surface area contributed by atoms with Crippen LogP contribution in [0.1, 0.15) is 23.3 Å². The molecule has 172 valence electrons. The molecule has 32 heavy (non-hydrogen) atoms. The van der Waals surface area contributed by atoms with Gasteiger partial charge >= 0.3 is 0 Å². The second-order valence-corrected chi connectivity index (χ2v) is 10.7. The van der Waals surface area contributed by atoms with E-state index in [-0.39, 0.29) is 55.7 Å². The molecule has 7 nitrogen and oxygen atoms in total. The summed E-state index contributed by atoms with van der Waals surface area (Å²) >= 11 is 1.70. The highest BCUT2D eigenvalue weighted by molar-refractivity contribution is 7.89. The maximum Gasteiger partial charge on any atom is 0.243 e. The number of fused-ring (bicyclic) bond motifs is 1. The molecule has 1 saturated heterocycles. The van der Waals surface area contributed by atoms with Gasteiger partial charge in [0, 0.05) is 57.0 Å². The zero-order valence-corrected chi connectivity index (χ0v) is 18.9. The van der Waals surface area contributed by atoms with E-state index in [1.807, 2.05) is 11.4 Å². The lowest BCUT2D eigenvalue weighted by atomic mass is 10.1. The Bertz CT molecular complexity index is 1130. The van der Waals surface area contributed by atoms with E-state index in [9.17, 15) is 26.8 Å². The monoisotopic (exact) mass is 483 g/mol. The first-order valence-electron chi connectivity index (χ1n) is 10.3. The van der Waals surface area contributed by atoms with Crippen molar-refractivity contribution in [3.05, 3.63) is 51.7 Å². The predicted molar refractivity (Wildman–Crippen MR) is 114 cm³/mol. The molecule has 0 unspecified atom stereocenters. The van der Waals surface area contributed by atoms with Gasteiger partial charge in [0.2, 0.25) is 21.8 Å². The smallest absolute Gasteiger partial charge is 0.243 e. The number of benzene rings is 1. The van der Waals surface area contributed by atoms with E-state index in [4.69, 9.17) is 0 Å². The number of nitrogens with zero attached hydrogens (tertiary/aromatic N) is 3. The van der Waals surface area contributed by atoms with Crippen molar-refractivity contribution in [2.45, 2.75) is 30.7 Å². The normalized spacial score (nSPS) is 17.3. The summed E-state index contributed by atoms with van der Waals surface area (Å²) in [5, 5.41) is 2.02. The lowest BCUT2D eigenvalue weighted by Crippen LogP contribution is -2.50. The van der Waals surface area contributed by atoms with Gasteiger partial charge in [0.05, 0.1) is 4.90 Å². The van der Waals surface area contributed by atoms with Crippen molar-refractivity contribution < 1.29 is 26.8 Å². The minimum atomic E-state index is -3.98. The Balaban J connectivity index is 1.27. The van der Waals surface area contributed by atoms with Crippen LogP contribution in [0.25, 0.3) is 0 Å². The molecule has 4 rings (SSSR count). The fourth-order valence-corrected chi connectivity index (χ4v) is 6.28. The molecule has 2 aliphatic rings. The van der Waals surface area contributed by atoms with Crippen LogP contribution >= 0.6 is 11.3 Å². The summed E-state index contributed by atoms with van der Waals surface area (Å²) in [7, 11) is -3.98. The Morgan fingerprint density at radius 3 is 2.28 bits per heavy atom. The van der Waals surface area contributed by atoms with Crippen molar-refractivity contribution in [2.75, 3.05) is 32.7 Å². The van der Waals surface area contributed by atoms with Crippen LogP contribution in [0.3, 0.4) is 0 Å². The topological polar surface area (TPSA) is 78.0 Å². The van der Waals surface area contributed by atoms with Crippen molar-refractivity contribution in [3.63, 3.8) is 0 Å². The summed E-state index contributed by atoms with van der Waals surface area (Å²) in [5.74, 6) is -2.60. The van der Waals surface area contributed by atoms with Crippen LogP contribution in [-0.2, 0) is 32.6 Å². The van der Waals surface area contributed by atoms with Gasteiger partial charge in [-0.25, -0.2) is 17.2 Å². The highest BCUT2D eigenvalue weighted by atomic mass is 32.2. The number of hydrogen-bond acceptors (Lipinski definition) is 5. The number of piperazine rings is 1. The third-order valence-corrected chi connectivity index (χ3v) is 8.75. The van der Waals surface area contributed by atoms with Gasteiger partial charge in [0.1, 0.15) is 0 Å². The fraction of sp³-hybridized carbons (Fsp3) is 0.429. The molecule has 0 spiro atoms. The lowest BCUT2D eigenvalue weighted by Gasteiger charge is -2.34. The number of halogens is 2. The van der Waals surface area contributed by atoms with Crippen molar-refractivity contribution in [2.24, 2.45) is 0 Å². The largest absolute Gasteiger partial charge is 0.340 e. The Hall–Kier alpha value is -2.37. The molecular formula is C21H23F2N3O4S2. The Labute approximate surface area is 189 Å². The number of rotatable bonds is 5. The molecular weight excluding hydrogens is 460 g/mol. The maximum absolute atomic E-state index is 13.4. The van der Waals surface area contributed by atoms with Gasteiger partial charge in [0.25, 0.3) is 0 Å². The average Bonchev–Trinajstić information content (AvgIpc) is 3.27. The molecule has 1 aromatic carbocycles. The third-order valence-electron chi connectivity index (χ3n) is 5.83. The lowest BCUT2D eigenvalue weighted by molar-refractivity contribution is -0.138. The SMILES string of the molecule is O=C(CCC(=O)N1CCc2sccc2C1)N1CCN(S(=O)(=O)c2ccc(F)c(F)c2)CC1. The van der Waals surface area contributed by atoms with Crippen LogP contribution in [0.4, 0.5) is 8.78 Å². The summed E-state index contributed by atoms with van der Waals surface area (Å²) in [4.78, 5) is 29.4. The minimum absolute atomic E-state index is 0.0497. The molecule has 0 aliphatic carbocycles. The Morgan fingerprint density at radius 2 is 1.59 bits per heavy atom. The molecule has 1 fully saturated rings. The van der Waals surface area contributed by atoms with Gasteiger partial charge in [-0.15, -0.1) is 11.3 Å². The molecule has 2 aromatic rings. The van der Waals surface area contributed by atoms with Crippen LogP contribution in [0.5, 0.6) is 0 Å². The van der Waals surface area contributed by atoms with Crippen LogP contribution in [-0.4, -0.2) is 67.1 Å². The van der Waals surface area contributed by atoms with Crippen molar-refractivity contribution >= 4 is 33.2 Å². The van der Waals surface area contributed by atoms with E-state index in [0.717, 1.165) is 22.9 Å². The Morgan fingerprint density at radius 1 is 0.906 bits per heavy atom. The highest BCUT2D eigenvalue weighted by Gasteiger charge is 2.31. The van der Waals surface area contributed by atoms with Gasteiger partial charge in [-0.2, -0.15) is 4.31 Å². The summed E-state index contributed by atoms with van der Waals surface area (Å²) in [6.45, 7) is 1.69. The molecule has 11 heteroatoms. The molecule has 1 aromatic heterocycles. The number of carbonyl (C=O) groups excluding carboxylic acids is 2. The Kier molecular flexibility index (Phi) is 6.59. The summed E-state index contributed by atoms with van der Waals surface area (Å²) < 4.78 is 53.1. The summed E-state index contributed by atoms with van der Waals surface area (Å²) in [6, 6.07) is 4.49. The quantitative estimate of drug-likeness (QED) is 0.654. The van der Waals surface area contributed by atoms with E-state index in [0.29, 0.717) is 19.2 Å². The van der Waals surface area contributed by atoms with E-state index in [2.05, 4.69) is 0 Å². The maximum atomic E-state index is 13.4. The number of carbonyl (C=O) groups is 2. The zero-order valence-electron chi connectivity index (χ0n) is 17.3. The molecule has 0 N–H and O–H groups in total. The van der Waals surface area contributed by atoms with Crippen LogP contribution in [0, 0.1) is 11.6 Å². The van der Waals surface area contributed by atoms with E-state index in [1.165, 1.54) is 15.3 Å².